The van der Waals surface area contributed by atoms with Crippen molar-refractivity contribution in [3.63, 3.8) is 0 Å². The molecule has 2 atom stereocenters. The second-order valence-corrected chi connectivity index (χ2v) is 5.54. The van der Waals surface area contributed by atoms with Gasteiger partial charge < -0.3 is 20.9 Å². The fourth-order valence-electron chi connectivity index (χ4n) is 3.12. The third kappa shape index (κ3) is 4.77. The van der Waals surface area contributed by atoms with Crippen LogP contribution in [0.5, 0.6) is 0 Å². The molecule has 0 fully saturated rings. The summed E-state index contributed by atoms with van der Waals surface area (Å²) in [4.78, 5) is 11.5. The molecule has 0 amide bonds. The monoisotopic (exact) mass is 325 g/mol. The summed E-state index contributed by atoms with van der Waals surface area (Å²) in [5, 5.41) is 27.2. The second kappa shape index (κ2) is 9.01. The lowest BCUT2D eigenvalue weighted by molar-refractivity contribution is -0.139. The summed E-state index contributed by atoms with van der Waals surface area (Å²) in [7, 11) is -1.38. The van der Waals surface area contributed by atoms with Gasteiger partial charge in [-0.15, -0.1) is 0 Å². The van der Waals surface area contributed by atoms with E-state index in [1.807, 2.05) is 13.8 Å². The number of halogens is 1. The first-order chi connectivity index (χ1) is 10.9. The zero-order valence-electron chi connectivity index (χ0n) is 13.6. The number of fused-ring (bicyclic) bond motifs is 1. The number of carbonyl (C=O) groups is 1. The van der Waals surface area contributed by atoms with Gasteiger partial charge >= 0.3 is 13.1 Å². The molecule has 2 rings (SSSR count). The zero-order chi connectivity index (χ0) is 17.6. The van der Waals surface area contributed by atoms with Gasteiger partial charge in [-0.2, -0.15) is 0 Å². The fourth-order valence-corrected chi connectivity index (χ4v) is 3.12. The Morgan fingerprint density at radius 1 is 1.39 bits per heavy atom. The van der Waals surface area contributed by atoms with Crippen molar-refractivity contribution in [1.82, 2.24) is 0 Å². The van der Waals surface area contributed by atoms with Gasteiger partial charge in [0, 0.05) is 12.1 Å². The van der Waals surface area contributed by atoms with E-state index in [9.17, 15) is 14.3 Å². The van der Waals surface area contributed by atoms with Crippen molar-refractivity contribution in [3.05, 3.63) is 34.6 Å². The lowest BCUT2D eigenvalue weighted by Crippen LogP contribution is -2.19. The van der Waals surface area contributed by atoms with E-state index in [4.69, 9.17) is 15.8 Å². The Kier molecular flexibility index (Phi) is 7.68. The van der Waals surface area contributed by atoms with E-state index >= 15 is 0 Å². The molecule has 1 aromatic rings. The number of carboxylic acid groups (broad SMARTS) is 1. The lowest BCUT2D eigenvalue weighted by Gasteiger charge is -2.16. The molecule has 5 nitrogen and oxygen atoms in total. The number of carboxylic acids is 1. The molecule has 7 heteroatoms. The SMILES string of the molecule is CC.NCc1cc2c(cc1F)CC(CCCB(O)O)C2C(=O)O. The Hall–Kier alpha value is -1.44. The van der Waals surface area contributed by atoms with Crippen LogP contribution < -0.4 is 5.73 Å². The Morgan fingerprint density at radius 2 is 2.04 bits per heavy atom. The van der Waals surface area contributed by atoms with Crippen molar-refractivity contribution < 1.29 is 24.3 Å². The van der Waals surface area contributed by atoms with E-state index in [2.05, 4.69) is 0 Å². The van der Waals surface area contributed by atoms with E-state index in [0.717, 1.165) is 0 Å². The zero-order valence-corrected chi connectivity index (χ0v) is 13.6. The summed E-state index contributed by atoms with van der Waals surface area (Å²) in [6.45, 7) is 4.03. The van der Waals surface area contributed by atoms with Crippen LogP contribution >= 0.6 is 0 Å². The third-order valence-electron chi connectivity index (χ3n) is 4.12. The summed E-state index contributed by atoms with van der Waals surface area (Å²) in [5.74, 6) is -2.16. The summed E-state index contributed by atoms with van der Waals surface area (Å²) in [6.07, 6.45) is 1.78. The first-order valence-electron chi connectivity index (χ1n) is 8.04. The van der Waals surface area contributed by atoms with Crippen LogP contribution in [0.4, 0.5) is 4.39 Å². The van der Waals surface area contributed by atoms with Crippen molar-refractivity contribution in [2.75, 3.05) is 0 Å². The van der Waals surface area contributed by atoms with Crippen LogP contribution in [0.3, 0.4) is 0 Å². The average molecular weight is 325 g/mol. The minimum absolute atomic E-state index is 0.0345. The standard InChI is InChI=1S/C14H19BFNO4.C2H6/c16-12-6-9-4-8(2-1-3-15(20)21)13(14(18)19)11(9)5-10(12)7-17;1-2/h5-6,8,13,20-21H,1-4,7,17H2,(H,18,19);1-2H3. The van der Waals surface area contributed by atoms with Gasteiger partial charge in [0.2, 0.25) is 0 Å². The maximum Gasteiger partial charge on any atom is 0.451 e. The van der Waals surface area contributed by atoms with Gasteiger partial charge in [-0.25, -0.2) is 4.39 Å². The largest absolute Gasteiger partial charge is 0.481 e. The van der Waals surface area contributed by atoms with Crippen molar-refractivity contribution in [3.8, 4) is 0 Å². The highest BCUT2D eigenvalue weighted by Gasteiger charge is 2.37. The lowest BCUT2D eigenvalue weighted by atomic mass is 9.80. The molecule has 0 aromatic heterocycles. The van der Waals surface area contributed by atoms with E-state index < -0.39 is 24.8 Å². The van der Waals surface area contributed by atoms with Crippen LogP contribution in [0.1, 0.15) is 49.3 Å². The van der Waals surface area contributed by atoms with Crippen LogP contribution in [0.25, 0.3) is 0 Å². The number of hydrogen-bond donors (Lipinski definition) is 4. The van der Waals surface area contributed by atoms with Crippen molar-refractivity contribution in [2.45, 2.75) is 51.9 Å². The van der Waals surface area contributed by atoms with E-state index in [1.165, 1.54) is 6.07 Å². The molecule has 1 aliphatic carbocycles. The highest BCUT2D eigenvalue weighted by atomic mass is 19.1. The number of nitrogens with two attached hydrogens (primary N) is 1. The van der Waals surface area contributed by atoms with Crippen LogP contribution in [0, 0.1) is 11.7 Å². The van der Waals surface area contributed by atoms with Gasteiger partial charge in [-0.3, -0.25) is 4.79 Å². The third-order valence-corrected chi connectivity index (χ3v) is 4.12. The topological polar surface area (TPSA) is 104 Å². The van der Waals surface area contributed by atoms with Crippen LogP contribution in [0.15, 0.2) is 12.1 Å². The van der Waals surface area contributed by atoms with Gasteiger partial charge in [0.25, 0.3) is 0 Å². The normalized spacial score (nSPS) is 18.9. The molecule has 5 N–H and O–H groups in total. The molecule has 128 valence electrons. The molecule has 23 heavy (non-hydrogen) atoms. The summed E-state index contributed by atoms with van der Waals surface area (Å²) in [5.41, 5.74) is 7.15. The Balaban J connectivity index is 0.00000127. The summed E-state index contributed by atoms with van der Waals surface area (Å²) < 4.78 is 13.8. The maximum absolute atomic E-state index is 13.8. The Bertz CT molecular complexity index is 539. The molecule has 0 saturated heterocycles. The fraction of sp³-hybridized carbons (Fsp3) is 0.562. The molecule has 0 bridgehead atoms. The summed E-state index contributed by atoms with van der Waals surface area (Å²) >= 11 is 0. The predicted octanol–water partition coefficient (Wildman–Crippen LogP) is 1.90. The van der Waals surface area contributed by atoms with E-state index in [0.29, 0.717) is 36.0 Å². The van der Waals surface area contributed by atoms with Gasteiger partial charge in [0.1, 0.15) is 5.82 Å². The molecular formula is C16H25BFNO4. The minimum atomic E-state index is -1.38. The molecule has 0 aliphatic heterocycles. The average Bonchev–Trinajstić information content (AvgIpc) is 2.85. The molecule has 1 aromatic carbocycles. The number of aliphatic carboxylic acids is 1. The highest BCUT2D eigenvalue weighted by Crippen LogP contribution is 2.41. The van der Waals surface area contributed by atoms with Crippen LogP contribution in [-0.2, 0) is 17.8 Å². The van der Waals surface area contributed by atoms with E-state index in [1.54, 1.807) is 6.07 Å². The number of rotatable bonds is 6. The van der Waals surface area contributed by atoms with Gasteiger partial charge in [0.05, 0.1) is 5.92 Å². The number of hydrogen-bond acceptors (Lipinski definition) is 4. The van der Waals surface area contributed by atoms with Crippen LogP contribution in [0.2, 0.25) is 6.32 Å². The molecule has 0 spiro atoms. The van der Waals surface area contributed by atoms with Crippen LogP contribution in [-0.4, -0.2) is 28.2 Å². The van der Waals surface area contributed by atoms with Gasteiger partial charge in [-0.1, -0.05) is 26.3 Å². The predicted molar refractivity (Wildman–Crippen MR) is 87.4 cm³/mol. The van der Waals surface area contributed by atoms with Gasteiger partial charge in [-0.05, 0) is 42.3 Å². The number of benzene rings is 1. The van der Waals surface area contributed by atoms with E-state index in [-0.39, 0.29) is 18.8 Å². The molecule has 0 saturated carbocycles. The van der Waals surface area contributed by atoms with Crippen molar-refractivity contribution >= 4 is 13.1 Å². The minimum Gasteiger partial charge on any atom is -0.481 e. The first kappa shape index (κ1) is 19.6. The highest BCUT2D eigenvalue weighted by molar-refractivity contribution is 6.40. The second-order valence-electron chi connectivity index (χ2n) is 5.54. The Labute approximate surface area is 136 Å². The maximum atomic E-state index is 13.8. The van der Waals surface area contributed by atoms with Crippen molar-refractivity contribution in [2.24, 2.45) is 11.7 Å². The first-order valence-corrected chi connectivity index (χ1v) is 8.04. The molecule has 0 radical (unpaired) electrons. The quantitative estimate of drug-likeness (QED) is 0.598. The molecular weight excluding hydrogens is 300 g/mol. The summed E-state index contributed by atoms with van der Waals surface area (Å²) in [6, 6.07) is 2.94. The smallest absolute Gasteiger partial charge is 0.451 e. The van der Waals surface area contributed by atoms with Gasteiger partial charge in [0.15, 0.2) is 0 Å². The van der Waals surface area contributed by atoms with Crippen molar-refractivity contribution in [1.29, 1.82) is 0 Å². The Morgan fingerprint density at radius 3 is 2.57 bits per heavy atom. The molecule has 2 unspecified atom stereocenters. The molecule has 1 aliphatic rings. The molecule has 0 heterocycles.